The number of hydrogen-bond donors (Lipinski definition) is 1. The van der Waals surface area contributed by atoms with Crippen molar-refractivity contribution in [3.63, 3.8) is 0 Å². The van der Waals surface area contributed by atoms with Crippen molar-refractivity contribution in [1.29, 1.82) is 0 Å². The fourth-order valence-corrected chi connectivity index (χ4v) is 0.883. The molecule has 60 valence electrons. The van der Waals surface area contributed by atoms with Crippen LogP contribution in [0.5, 0.6) is 0 Å². The molecule has 1 aromatic carbocycles. The predicted octanol–water partition coefficient (Wildman–Crippen LogP) is 1.70. The maximum absolute atomic E-state index is 8.78. The van der Waals surface area contributed by atoms with Gasteiger partial charge in [0.25, 0.3) is 0 Å². The van der Waals surface area contributed by atoms with Crippen molar-refractivity contribution in [2.24, 2.45) is 0 Å². The third-order valence-electron chi connectivity index (χ3n) is 1.50. The van der Waals surface area contributed by atoms with E-state index >= 15 is 0 Å². The van der Waals surface area contributed by atoms with Gasteiger partial charge in [0.05, 0.1) is 6.61 Å². The van der Waals surface area contributed by atoms with E-state index < -0.39 is 0 Å². The Labute approximate surface area is 72.4 Å². The first-order valence-corrected chi connectivity index (χ1v) is 3.70. The first-order valence-electron chi connectivity index (χ1n) is 3.70. The lowest BCUT2D eigenvalue weighted by atomic mass is 10.1. The minimum Gasteiger partial charge on any atom is -0.391 e. The Morgan fingerprint density at radius 3 is 2.58 bits per heavy atom. The molecule has 1 N–H and O–H groups in total. The minimum atomic E-state index is -0.0780. The SMILES string of the molecule is C#CC(=Cc1ccccc1)CO. The monoisotopic (exact) mass is 158 g/mol. The molecule has 0 spiro atoms. The van der Waals surface area contributed by atoms with Gasteiger partial charge < -0.3 is 5.11 Å². The number of rotatable bonds is 2. The van der Waals surface area contributed by atoms with Gasteiger partial charge in [-0.3, -0.25) is 0 Å². The fourth-order valence-electron chi connectivity index (χ4n) is 0.883. The minimum absolute atomic E-state index is 0.0780. The standard InChI is InChI=1S/C11H10O/c1-2-10(9-12)8-11-6-4-3-5-7-11/h1,3-8,12H,9H2. The maximum Gasteiger partial charge on any atom is 0.0760 e. The maximum atomic E-state index is 8.78. The Morgan fingerprint density at radius 2 is 2.08 bits per heavy atom. The van der Waals surface area contributed by atoms with Gasteiger partial charge in [0.2, 0.25) is 0 Å². The van der Waals surface area contributed by atoms with Crippen molar-refractivity contribution >= 4 is 6.08 Å². The zero-order valence-corrected chi connectivity index (χ0v) is 6.70. The van der Waals surface area contributed by atoms with Crippen molar-refractivity contribution in [3.8, 4) is 12.3 Å². The molecule has 0 atom stereocenters. The van der Waals surface area contributed by atoms with Crippen LogP contribution in [-0.4, -0.2) is 11.7 Å². The normalized spacial score (nSPS) is 10.8. The Balaban J connectivity index is 2.88. The molecule has 0 unspecified atom stereocenters. The van der Waals surface area contributed by atoms with Crippen LogP contribution in [0.1, 0.15) is 5.56 Å². The zero-order valence-electron chi connectivity index (χ0n) is 6.70. The van der Waals surface area contributed by atoms with E-state index in [4.69, 9.17) is 11.5 Å². The van der Waals surface area contributed by atoms with Crippen molar-refractivity contribution in [1.82, 2.24) is 0 Å². The van der Waals surface area contributed by atoms with Crippen LogP contribution in [-0.2, 0) is 0 Å². The largest absolute Gasteiger partial charge is 0.391 e. The Morgan fingerprint density at radius 1 is 1.42 bits per heavy atom. The van der Waals surface area contributed by atoms with Crippen molar-refractivity contribution < 1.29 is 5.11 Å². The summed E-state index contributed by atoms with van der Waals surface area (Å²) in [5.41, 5.74) is 1.61. The molecule has 1 aromatic rings. The second-order valence-corrected chi connectivity index (χ2v) is 2.38. The summed E-state index contributed by atoms with van der Waals surface area (Å²) in [7, 11) is 0. The molecule has 0 heterocycles. The van der Waals surface area contributed by atoms with E-state index in [0.29, 0.717) is 5.57 Å². The molecule has 1 nitrogen and oxygen atoms in total. The number of aliphatic hydroxyl groups excluding tert-OH is 1. The lowest BCUT2D eigenvalue weighted by Gasteiger charge is -1.94. The van der Waals surface area contributed by atoms with Crippen LogP contribution < -0.4 is 0 Å². The van der Waals surface area contributed by atoms with Gasteiger partial charge in [-0.05, 0) is 11.6 Å². The van der Waals surface area contributed by atoms with Crippen LogP contribution in [0.15, 0.2) is 35.9 Å². The second-order valence-electron chi connectivity index (χ2n) is 2.38. The molecule has 1 rings (SSSR count). The summed E-state index contributed by atoms with van der Waals surface area (Å²) in [5, 5.41) is 8.78. The molecule has 0 amide bonds. The number of benzene rings is 1. The van der Waals surface area contributed by atoms with Gasteiger partial charge in [0.15, 0.2) is 0 Å². The molecule has 0 radical (unpaired) electrons. The van der Waals surface area contributed by atoms with Gasteiger partial charge >= 0.3 is 0 Å². The molecule has 1 heteroatoms. The van der Waals surface area contributed by atoms with Crippen LogP contribution >= 0.6 is 0 Å². The lowest BCUT2D eigenvalue weighted by molar-refractivity contribution is 0.337. The predicted molar refractivity (Wildman–Crippen MR) is 50.3 cm³/mol. The van der Waals surface area contributed by atoms with E-state index in [1.165, 1.54) is 0 Å². The smallest absolute Gasteiger partial charge is 0.0760 e. The van der Waals surface area contributed by atoms with Gasteiger partial charge in [0, 0.05) is 5.57 Å². The highest BCUT2D eigenvalue weighted by Gasteiger charge is 1.89. The molecule has 0 aromatic heterocycles. The van der Waals surface area contributed by atoms with Crippen LogP contribution in [0.3, 0.4) is 0 Å². The van der Waals surface area contributed by atoms with Crippen molar-refractivity contribution in [3.05, 3.63) is 41.5 Å². The summed E-state index contributed by atoms with van der Waals surface area (Å²) in [6.07, 6.45) is 6.94. The van der Waals surface area contributed by atoms with E-state index in [1.54, 1.807) is 6.08 Å². The summed E-state index contributed by atoms with van der Waals surface area (Å²) in [6.45, 7) is -0.0780. The third kappa shape index (κ3) is 2.26. The highest BCUT2D eigenvalue weighted by Crippen LogP contribution is 2.04. The van der Waals surface area contributed by atoms with E-state index in [2.05, 4.69) is 5.92 Å². The number of terminal acetylenes is 1. The topological polar surface area (TPSA) is 20.2 Å². The van der Waals surface area contributed by atoms with Crippen LogP contribution in [0.25, 0.3) is 6.08 Å². The number of hydrogen-bond acceptors (Lipinski definition) is 1. The Bertz CT molecular complexity index is 304. The lowest BCUT2D eigenvalue weighted by Crippen LogP contribution is -1.85. The summed E-state index contributed by atoms with van der Waals surface area (Å²) in [5.74, 6) is 2.41. The molecule has 0 aliphatic rings. The van der Waals surface area contributed by atoms with Crippen LogP contribution in [0, 0.1) is 12.3 Å². The first kappa shape index (κ1) is 8.58. The highest BCUT2D eigenvalue weighted by atomic mass is 16.3. The molecule has 0 fully saturated rings. The highest BCUT2D eigenvalue weighted by molar-refractivity contribution is 5.57. The summed E-state index contributed by atoms with van der Waals surface area (Å²) in [4.78, 5) is 0. The fraction of sp³-hybridized carbons (Fsp3) is 0.0909. The van der Waals surface area contributed by atoms with Gasteiger partial charge in [-0.1, -0.05) is 36.3 Å². The van der Waals surface area contributed by atoms with E-state index in [-0.39, 0.29) is 6.61 Å². The first-order chi connectivity index (χ1) is 5.86. The summed E-state index contributed by atoms with van der Waals surface area (Å²) < 4.78 is 0. The molecule has 0 aliphatic carbocycles. The van der Waals surface area contributed by atoms with E-state index in [0.717, 1.165) is 5.56 Å². The third-order valence-corrected chi connectivity index (χ3v) is 1.50. The van der Waals surface area contributed by atoms with E-state index in [1.807, 2.05) is 30.3 Å². The molecular weight excluding hydrogens is 148 g/mol. The second kappa shape index (κ2) is 4.38. The van der Waals surface area contributed by atoms with Crippen LogP contribution in [0.4, 0.5) is 0 Å². The summed E-state index contributed by atoms with van der Waals surface area (Å²) >= 11 is 0. The van der Waals surface area contributed by atoms with Gasteiger partial charge in [-0.25, -0.2) is 0 Å². The van der Waals surface area contributed by atoms with Gasteiger partial charge in [0.1, 0.15) is 0 Å². The van der Waals surface area contributed by atoms with Gasteiger partial charge in [-0.2, -0.15) is 0 Å². The van der Waals surface area contributed by atoms with Crippen LogP contribution in [0.2, 0.25) is 0 Å². The van der Waals surface area contributed by atoms with E-state index in [9.17, 15) is 0 Å². The zero-order chi connectivity index (χ0) is 8.81. The van der Waals surface area contributed by atoms with Gasteiger partial charge in [-0.15, -0.1) is 6.42 Å². The van der Waals surface area contributed by atoms with Crippen molar-refractivity contribution in [2.75, 3.05) is 6.61 Å². The Kier molecular flexibility index (Phi) is 3.13. The quantitative estimate of drug-likeness (QED) is 0.649. The van der Waals surface area contributed by atoms with Crippen molar-refractivity contribution in [2.45, 2.75) is 0 Å². The molecular formula is C11H10O. The molecule has 0 saturated carbocycles. The number of aliphatic hydroxyl groups is 1. The molecule has 0 aliphatic heterocycles. The average molecular weight is 158 g/mol. The molecule has 0 saturated heterocycles. The molecule has 0 bridgehead atoms. The Hall–Kier alpha value is -1.52. The molecule has 12 heavy (non-hydrogen) atoms. The average Bonchev–Trinajstić information content (AvgIpc) is 2.16. The summed E-state index contributed by atoms with van der Waals surface area (Å²) in [6, 6.07) is 9.67.